The molecule has 0 saturated carbocycles. The highest BCUT2D eigenvalue weighted by Crippen LogP contribution is 2.28. The maximum atomic E-state index is 5.90. The number of aromatic nitrogens is 1. The molecule has 0 unspecified atom stereocenters. The minimum atomic E-state index is 0.652. The maximum absolute atomic E-state index is 5.90. The molecular formula is C21H15NO. The normalized spacial score (nSPS) is 11.3. The van der Waals surface area contributed by atoms with E-state index in [4.69, 9.17) is 4.42 Å². The second kappa shape index (κ2) is 5.93. The molecule has 4 aromatic rings. The number of rotatable bonds is 3. The van der Waals surface area contributed by atoms with E-state index in [1.165, 1.54) is 5.56 Å². The topological polar surface area (TPSA) is 26.0 Å². The summed E-state index contributed by atoms with van der Waals surface area (Å²) in [6, 6.07) is 26.2. The lowest BCUT2D eigenvalue weighted by Crippen LogP contribution is -1.82. The lowest BCUT2D eigenvalue weighted by atomic mass is 10.1. The number of fused-ring (bicyclic) bond motifs is 1. The summed E-state index contributed by atoms with van der Waals surface area (Å²) in [7, 11) is 0. The minimum absolute atomic E-state index is 0.652. The third-order valence-electron chi connectivity index (χ3n) is 3.74. The zero-order valence-corrected chi connectivity index (χ0v) is 12.5. The Morgan fingerprint density at radius 2 is 1.43 bits per heavy atom. The molecule has 0 radical (unpaired) electrons. The number of nitrogens with zero attached hydrogens (tertiary/aromatic N) is 1. The third-order valence-corrected chi connectivity index (χ3v) is 3.74. The Kier molecular flexibility index (Phi) is 3.49. The molecule has 110 valence electrons. The predicted octanol–water partition coefficient (Wildman–Crippen LogP) is 5.67. The van der Waals surface area contributed by atoms with Gasteiger partial charge in [-0.3, -0.25) is 0 Å². The van der Waals surface area contributed by atoms with Gasteiger partial charge in [-0.2, -0.15) is 0 Å². The van der Waals surface area contributed by atoms with Gasteiger partial charge in [-0.1, -0.05) is 72.8 Å². The molecule has 0 spiro atoms. The molecule has 1 aromatic heterocycles. The second-order valence-corrected chi connectivity index (χ2v) is 5.32. The van der Waals surface area contributed by atoms with Crippen LogP contribution in [-0.2, 0) is 0 Å². The van der Waals surface area contributed by atoms with Gasteiger partial charge in [0, 0.05) is 5.56 Å². The van der Waals surface area contributed by atoms with Crippen LogP contribution in [0.5, 0.6) is 0 Å². The van der Waals surface area contributed by atoms with Gasteiger partial charge in [0.05, 0.1) is 0 Å². The summed E-state index contributed by atoms with van der Waals surface area (Å²) in [6.07, 6.45) is 4.20. The third kappa shape index (κ3) is 2.79. The van der Waals surface area contributed by atoms with Gasteiger partial charge < -0.3 is 4.42 Å². The molecule has 0 amide bonds. The largest absolute Gasteiger partial charge is 0.436 e. The van der Waals surface area contributed by atoms with Crippen LogP contribution < -0.4 is 0 Å². The highest BCUT2D eigenvalue weighted by atomic mass is 16.3. The maximum Gasteiger partial charge on any atom is 0.227 e. The molecule has 2 nitrogen and oxygen atoms in total. The summed E-state index contributed by atoms with van der Waals surface area (Å²) >= 11 is 0. The average molecular weight is 297 g/mol. The van der Waals surface area contributed by atoms with Crippen LogP contribution in [0.2, 0.25) is 0 Å². The zero-order valence-electron chi connectivity index (χ0n) is 12.5. The van der Waals surface area contributed by atoms with Crippen molar-refractivity contribution in [3.05, 3.63) is 90.0 Å². The fraction of sp³-hybridized carbons (Fsp3) is 0. The molecule has 0 aliphatic carbocycles. The van der Waals surface area contributed by atoms with E-state index in [9.17, 15) is 0 Å². The lowest BCUT2D eigenvalue weighted by Gasteiger charge is -2.01. The Bertz CT molecular complexity index is 934. The van der Waals surface area contributed by atoms with Gasteiger partial charge >= 0.3 is 0 Å². The Balaban J connectivity index is 1.76. The first-order chi connectivity index (χ1) is 11.4. The first-order valence-corrected chi connectivity index (χ1v) is 7.58. The predicted molar refractivity (Wildman–Crippen MR) is 94.8 cm³/mol. The molecule has 0 aliphatic heterocycles. The Labute approximate surface area is 134 Å². The van der Waals surface area contributed by atoms with Gasteiger partial charge in [0.2, 0.25) is 5.89 Å². The van der Waals surface area contributed by atoms with Crippen LogP contribution in [0.3, 0.4) is 0 Å². The van der Waals surface area contributed by atoms with Gasteiger partial charge in [0.25, 0.3) is 0 Å². The molecule has 2 heteroatoms. The van der Waals surface area contributed by atoms with E-state index in [-0.39, 0.29) is 0 Å². The van der Waals surface area contributed by atoms with Gasteiger partial charge in [-0.15, -0.1) is 0 Å². The number of para-hydroxylation sites is 2. The molecule has 0 saturated heterocycles. The standard InChI is InChI=1S/C21H15NO/c1-2-8-16(9-3-1)14-15-17-10-4-5-11-18(17)21-22-19-12-6-7-13-20(19)23-21/h1-15H. The Morgan fingerprint density at radius 3 is 2.30 bits per heavy atom. The average Bonchev–Trinajstić information content (AvgIpc) is 3.05. The van der Waals surface area contributed by atoms with Crippen LogP contribution in [-0.4, -0.2) is 4.98 Å². The van der Waals surface area contributed by atoms with E-state index in [1.807, 2.05) is 60.7 Å². The fourth-order valence-corrected chi connectivity index (χ4v) is 2.57. The van der Waals surface area contributed by atoms with Crippen molar-refractivity contribution in [1.29, 1.82) is 0 Å². The van der Waals surface area contributed by atoms with Crippen molar-refractivity contribution in [1.82, 2.24) is 4.98 Å². The SMILES string of the molecule is C(=Cc1ccccc1-c1nc2ccccc2o1)c1ccccc1. The smallest absolute Gasteiger partial charge is 0.227 e. The van der Waals surface area contributed by atoms with Crippen molar-refractivity contribution in [3.63, 3.8) is 0 Å². The van der Waals surface area contributed by atoms with Crippen molar-refractivity contribution >= 4 is 23.3 Å². The molecule has 0 fully saturated rings. The van der Waals surface area contributed by atoms with E-state index < -0.39 is 0 Å². The van der Waals surface area contributed by atoms with Crippen molar-refractivity contribution < 1.29 is 4.42 Å². The van der Waals surface area contributed by atoms with Gasteiger partial charge in [0.15, 0.2) is 5.58 Å². The molecule has 0 atom stereocenters. The van der Waals surface area contributed by atoms with Crippen molar-refractivity contribution in [2.45, 2.75) is 0 Å². The Morgan fingerprint density at radius 1 is 0.696 bits per heavy atom. The van der Waals surface area contributed by atoms with E-state index >= 15 is 0 Å². The quantitative estimate of drug-likeness (QED) is 0.456. The van der Waals surface area contributed by atoms with Crippen molar-refractivity contribution in [3.8, 4) is 11.5 Å². The molecular weight excluding hydrogens is 282 g/mol. The summed E-state index contributed by atoms with van der Waals surface area (Å²) < 4.78 is 5.90. The summed E-state index contributed by atoms with van der Waals surface area (Å²) in [5, 5.41) is 0. The number of hydrogen-bond donors (Lipinski definition) is 0. The van der Waals surface area contributed by atoms with Crippen molar-refractivity contribution in [2.75, 3.05) is 0 Å². The number of hydrogen-bond acceptors (Lipinski definition) is 2. The summed E-state index contributed by atoms with van der Waals surface area (Å²) in [6.45, 7) is 0. The van der Waals surface area contributed by atoms with Gasteiger partial charge in [-0.05, 0) is 29.3 Å². The number of benzene rings is 3. The molecule has 3 aromatic carbocycles. The van der Waals surface area contributed by atoms with E-state index in [1.54, 1.807) is 0 Å². The highest BCUT2D eigenvalue weighted by Gasteiger charge is 2.10. The second-order valence-electron chi connectivity index (χ2n) is 5.32. The molecule has 0 aliphatic rings. The monoisotopic (exact) mass is 297 g/mol. The van der Waals surface area contributed by atoms with Crippen LogP contribution in [0.25, 0.3) is 34.7 Å². The van der Waals surface area contributed by atoms with Crippen LogP contribution >= 0.6 is 0 Å². The number of oxazole rings is 1. The summed E-state index contributed by atoms with van der Waals surface area (Å²) in [5.74, 6) is 0.652. The van der Waals surface area contributed by atoms with Crippen molar-refractivity contribution in [2.24, 2.45) is 0 Å². The summed E-state index contributed by atoms with van der Waals surface area (Å²) in [4.78, 5) is 4.60. The van der Waals surface area contributed by atoms with Crippen LogP contribution in [0, 0.1) is 0 Å². The van der Waals surface area contributed by atoms with E-state index in [0.29, 0.717) is 5.89 Å². The van der Waals surface area contributed by atoms with Gasteiger partial charge in [0.1, 0.15) is 5.52 Å². The first-order valence-electron chi connectivity index (χ1n) is 7.58. The molecule has 0 bridgehead atoms. The van der Waals surface area contributed by atoms with Crippen LogP contribution in [0.15, 0.2) is 83.3 Å². The molecule has 4 rings (SSSR count). The highest BCUT2D eigenvalue weighted by molar-refractivity contribution is 5.81. The van der Waals surface area contributed by atoms with E-state index in [0.717, 1.165) is 22.2 Å². The molecule has 23 heavy (non-hydrogen) atoms. The minimum Gasteiger partial charge on any atom is -0.436 e. The Hall–Kier alpha value is -3.13. The molecule has 1 heterocycles. The first kappa shape index (κ1) is 13.5. The van der Waals surface area contributed by atoms with Gasteiger partial charge in [-0.25, -0.2) is 4.98 Å². The van der Waals surface area contributed by atoms with Crippen LogP contribution in [0.4, 0.5) is 0 Å². The fourth-order valence-electron chi connectivity index (χ4n) is 2.57. The van der Waals surface area contributed by atoms with E-state index in [2.05, 4.69) is 35.3 Å². The molecule has 0 N–H and O–H groups in total. The zero-order chi connectivity index (χ0) is 15.5. The summed E-state index contributed by atoms with van der Waals surface area (Å²) in [5.41, 5.74) is 4.94. The lowest BCUT2D eigenvalue weighted by molar-refractivity contribution is 0.619. The van der Waals surface area contributed by atoms with Crippen LogP contribution in [0.1, 0.15) is 11.1 Å².